The van der Waals surface area contributed by atoms with Crippen molar-refractivity contribution in [2.24, 2.45) is 0 Å². The molecule has 29 heavy (non-hydrogen) atoms. The van der Waals surface area contributed by atoms with E-state index in [1.54, 1.807) is 41.8 Å². The van der Waals surface area contributed by atoms with Crippen molar-refractivity contribution in [1.29, 1.82) is 0 Å². The van der Waals surface area contributed by atoms with Crippen molar-refractivity contribution in [3.8, 4) is 5.75 Å². The molecule has 152 valence electrons. The van der Waals surface area contributed by atoms with Crippen molar-refractivity contribution >= 4 is 22.6 Å². The Bertz CT molecular complexity index is 1080. The molecule has 1 aromatic heterocycles. The van der Waals surface area contributed by atoms with Crippen molar-refractivity contribution in [3.05, 3.63) is 64.7 Å². The molecule has 0 aliphatic carbocycles. The molecule has 0 aliphatic heterocycles. The molecular weight excluding hydrogens is 368 g/mol. The van der Waals surface area contributed by atoms with Gasteiger partial charge in [-0.25, -0.2) is 9.78 Å². The maximum absolute atomic E-state index is 13.0. The maximum Gasteiger partial charge on any atom is 0.322 e. The van der Waals surface area contributed by atoms with Gasteiger partial charge in [0, 0.05) is 25.3 Å². The summed E-state index contributed by atoms with van der Waals surface area (Å²) < 4.78 is 6.87. The summed E-state index contributed by atoms with van der Waals surface area (Å²) in [5, 5.41) is 3.45. The smallest absolute Gasteiger partial charge is 0.322 e. The largest absolute Gasteiger partial charge is 0.497 e. The molecule has 0 spiro atoms. The summed E-state index contributed by atoms with van der Waals surface area (Å²) in [4.78, 5) is 32.0. The fourth-order valence-corrected chi connectivity index (χ4v) is 3.21. The van der Waals surface area contributed by atoms with Crippen LogP contribution < -0.4 is 15.6 Å². The number of aromatic nitrogens is 2. The van der Waals surface area contributed by atoms with Crippen molar-refractivity contribution in [2.45, 2.75) is 32.9 Å². The zero-order valence-electron chi connectivity index (χ0n) is 17.2. The molecule has 7 nitrogen and oxygen atoms in total. The van der Waals surface area contributed by atoms with Gasteiger partial charge >= 0.3 is 6.03 Å². The summed E-state index contributed by atoms with van der Waals surface area (Å²) in [5.41, 5.74) is 1.18. The highest BCUT2D eigenvalue weighted by Crippen LogP contribution is 2.21. The summed E-state index contributed by atoms with van der Waals surface area (Å²) in [6.45, 7) is 4.42. The zero-order valence-corrected chi connectivity index (χ0v) is 17.2. The van der Waals surface area contributed by atoms with E-state index in [4.69, 9.17) is 9.72 Å². The van der Waals surface area contributed by atoms with Gasteiger partial charge < -0.3 is 15.0 Å². The molecular formula is C22H26N4O3. The number of nitrogens with zero attached hydrogens (tertiary/aromatic N) is 3. The average molecular weight is 394 g/mol. The number of hydrogen-bond donors (Lipinski definition) is 1. The third kappa shape index (κ3) is 4.23. The maximum atomic E-state index is 13.0. The third-order valence-corrected chi connectivity index (χ3v) is 4.93. The van der Waals surface area contributed by atoms with Gasteiger partial charge in [0.2, 0.25) is 0 Å². The molecule has 0 bridgehead atoms. The lowest BCUT2D eigenvalue weighted by Gasteiger charge is -2.27. The number of nitrogens with one attached hydrogen (secondary N) is 1. The number of methoxy groups -OCH3 is 1. The Hall–Kier alpha value is -3.35. The van der Waals surface area contributed by atoms with Gasteiger partial charge in [0.25, 0.3) is 5.56 Å². The standard InChI is InChI=1S/C22H26N4O3/c1-5-13-26-20(24-19-12-7-6-11-18(19)21(26)27)15(2)25(3)22(28)23-16-9-8-10-17(14-16)29-4/h6-12,14-15H,5,13H2,1-4H3,(H,23,28). The topological polar surface area (TPSA) is 76.5 Å². The van der Waals surface area contributed by atoms with Gasteiger partial charge in [-0.3, -0.25) is 9.36 Å². The second kappa shape index (κ2) is 8.77. The molecule has 3 rings (SSSR count). The molecule has 7 heteroatoms. The normalized spacial score (nSPS) is 11.9. The average Bonchev–Trinajstić information content (AvgIpc) is 2.74. The lowest BCUT2D eigenvalue weighted by molar-refractivity contribution is 0.204. The molecule has 0 saturated heterocycles. The number of hydrogen-bond acceptors (Lipinski definition) is 4. The van der Waals surface area contributed by atoms with Gasteiger partial charge in [0.05, 0.1) is 24.1 Å². The van der Waals surface area contributed by atoms with Crippen LogP contribution in [0.1, 0.15) is 32.1 Å². The monoisotopic (exact) mass is 394 g/mol. The van der Waals surface area contributed by atoms with Crippen LogP contribution in [0, 0.1) is 0 Å². The summed E-state index contributed by atoms with van der Waals surface area (Å²) in [6, 6.07) is 13.7. The molecule has 0 radical (unpaired) electrons. The number of anilines is 1. The predicted molar refractivity (Wildman–Crippen MR) is 114 cm³/mol. The van der Waals surface area contributed by atoms with Crippen LogP contribution in [0.2, 0.25) is 0 Å². The van der Waals surface area contributed by atoms with E-state index in [9.17, 15) is 9.59 Å². The highest BCUT2D eigenvalue weighted by molar-refractivity contribution is 5.89. The quantitative estimate of drug-likeness (QED) is 0.685. The van der Waals surface area contributed by atoms with Gasteiger partial charge in [-0.15, -0.1) is 0 Å². The first-order chi connectivity index (χ1) is 14.0. The molecule has 2 aromatic carbocycles. The molecule has 1 unspecified atom stereocenters. The zero-order chi connectivity index (χ0) is 21.0. The number of benzene rings is 2. The molecule has 1 heterocycles. The number of carbonyl (C=O) groups excluding carboxylic acids is 1. The number of urea groups is 1. The van der Waals surface area contributed by atoms with Crippen LogP contribution in [0.4, 0.5) is 10.5 Å². The number of para-hydroxylation sites is 1. The van der Waals surface area contributed by atoms with Gasteiger partial charge in [-0.2, -0.15) is 0 Å². The van der Waals surface area contributed by atoms with E-state index in [0.717, 1.165) is 6.42 Å². The summed E-state index contributed by atoms with van der Waals surface area (Å²) in [5.74, 6) is 1.23. The van der Waals surface area contributed by atoms with Gasteiger partial charge in [0.15, 0.2) is 0 Å². The fourth-order valence-electron chi connectivity index (χ4n) is 3.21. The minimum atomic E-state index is -0.399. The van der Waals surface area contributed by atoms with E-state index in [0.29, 0.717) is 34.7 Å². The molecule has 0 saturated carbocycles. The summed E-state index contributed by atoms with van der Waals surface area (Å²) in [6.07, 6.45) is 0.791. The fraction of sp³-hybridized carbons (Fsp3) is 0.318. The van der Waals surface area contributed by atoms with Crippen LogP contribution in [0.5, 0.6) is 5.75 Å². The number of ether oxygens (including phenoxy) is 1. The van der Waals surface area contributed by atoms with Crippen LogP contribution in [-0.2, 0) is 6.54 Å². The van der Waals surface area contributed by atoms with Crippen molar-refractivity contribution in [2.75, 3.05) is 19.5 Å². The Morgan fingerprint density at radius 3 is 2.72 bits per heavy atom. The van der Waals surface area contributed by atoms with E-state index in [1.165, 1.54) is 0 Å². The molecule has 3 aromatic rings. The van der Waals surface area contributed by atoms with E-state index in [2.05, 4.69) is 5.32 Å². The lowest BCUT2D eigenvalue weighted by Crippen LogP contribution is -2.37. The van der Waals surface area contributed by atoms with Crippen molar-refractivity contribution in [3.63, 3.8) is 0 Å². The number of carbonyl (C=O) groups is 1. The SMILES string of the molecule is CCCn1c(C(C)N(C)C(=O)Nc2cccc(OC)c2)nc2ccccc2c1=O. The first-order valence-electron chi connectivity index (χ1n) is 9.63. The van der Waals surface area contributed by atoms with E-state index in [1.807, 2.05) is 44.2 Å². The van der Waals surface area contributed by atoms with Crippen molar-refractivity contribution in [1.82, 2.24) is 14.5 Å². The first kappa shape index (κ1) is 20.4. The van der Waals surface area contributed by atoms with Crippen LogP contribution in [-0.4, -0.2) is 34.6 Å². The Labute approximate surface area is 169 Å². The molecule has 2 amide bonds. The number of amides is 2. The minimum Gasteiger partial charge on any atom is -0.497 e. The van der Waals surface area contributed by atoms with Gasteiger partial charge in [-0.1, -0.05) is 25.1 Å². The Balaban J connectivity index is 1.92. The second-order valence-electron chi connectivity index (χ2n) is 6.89. The lowest BCUT2D eigenvalue weighted by atomic mass is 10.2. The Kier molecular flexibility index (Phi) is 6.16. The molecule has 1 atom stereocenters. The van der Waals surface area contributed by atoms with Crippen molar-refractivity contribution < 1.29 is 9.53 Å². The first-order valence-corrected chi connectivity index (χ1v) is 9.63. The summed E-state index contributed by atoms with van der Waals surface area (Å²) in [7, 11) is 3.27. The molecule has 0 fully saturated rings. The van der Waals surface area contributed by atoms with E-state index in [-0.39, 0.29) is 11.6 Å². The van der Waals surface area contributed by atoms with Crippen LogP contribution in [0.3, 0.4) is 0 Å². The molecule has 0 aliphatic rings. The predicted octanol–water partition coefficient (Wildman–Crippen LogP) is 4.04. The highest BCUT2D eigenvalue weighted by Gasteiger charge is 2.23. The minimum absolute atomic E-state index is 0.0825. The van der Waals surface area contributed by atoms with E-state index < -0.39 is 6.04 Å². The summed E-state index contributed by atoms with van der Waals surface area (Å²) >= 11 is 0. The third-order valence-electron chi connectivity index (χ3n) is 4.93. The van der Waals surface area contributed by atoms with Crippen LogP contribution in [0.15, 0.2) is 53.3 Å². The van der Waals surface area contributed by atoms with E-state index >= 15 is 0 Å². The number of fused-ring (bicyclic) bond motifs is 1. The Morgan fingerprint density at radius 1 is 1.24 bits per heavy atom. The number of rotatable bonds is 6. The second-order valence-corrected chi connectivity index (χ2v) is 6.89. The van der Waals surface area contributed by atoms with Gasteiger partial charge in [-0.05, 0) is 37.6 Å². The van der Waals surface area contributed by atoms with Crippen LogP contribution in [0.25, 0.3) is 10.9 Å². The highest BCUT2D eigenvalue weighted by atomic mass is 16.5. The van der Waals surface area contributed by atoms with Crippen LogP contribution >= 0.6 is 0 Å². The molecule has 1 N–H and O–H groups in total. The van der Waals surface area contributed by atoms with Gasteiger partial charge in [0.1, 0.15) is 11.6 Å². The Morgan fingerprint density at radius 2 is 2.00 bits per heavy atom.